The van der Waals surface area contributed by atoms with Gasteiger partial charge < -0.3 is 9.84 Å². The van der Waals surface area contributed by atoms with Crippen LogP contribution in [0.5, 0.6) is 11.5 Å². The van der Waals surface area contributed by atoms with Crippen LogP contribution in [-0.2, 0) is 0 Å². The Morgan fingerprint density at radius 1 is 1.05 bits per heavy atom. The zero-order valence-corrected chi connectivity index (χ0v) is 11.4. The molecule has 4 nitrogen and oxygen atoms in total. The van der Waals surface area contributed by atoms with Crippen LogP contribution in [-0.4, -0.2) is 12.2 Å². The molecule has 2 aromatic carbocycles. The second-order valence-electron chi connectivity index (χ2n) is 4.28. The Bertz CT molecular complexity index is 747. The number of aromatic hydroxyl groups is 1. The van der Waals surface area contributed by atoms with Crippen LogP contribution >= 0.6 is 0 Å². The van der Waals surface area contributed by atoms with Crippen molar-refractivity contribution in [2.24, 2.45) is 0 Å². The van der Waals surface area contributed by atoms with Crippen LogP contribution < -0.4 is 4.74 Å². The van der Waals surface area contributed by atoms with E-state index in [1.54, 1.807) is 31.4 Å². The molecule has 4 heteroatoms. The standard InChI is InChI=1S/C17H12N2O2/c1-21-16-5-2-13(3-6-16)14-4-7-17(20)15(9-14)8-12(10-18)11-19/h2-9,20H,1H3. The van der Waals surface area contributed by atoms with Crippen molar-refractivity contribution in [1.82, 2.24) is 0 Å². The number of phenolic OH excluding ortho intramolecular Hbond substituents is 1. The van der Waals surface area contributed by atoms with Crippen molar-refractivity contribution in [3.63, 3.8) is 0 Å². The Labute approximate surface area is 122 Å². The minimum Gasteiger partial charge on any atom is -0.507 e. The number of ether oxygens (including phenoxy) is 1. The highest BCUT2D eigenvalue weighted by molar-refractivity contribution is 5.73. The van der Waals surface area contributed by atoms with Gasteiger partial charge in [-0.3, -0.25) is 0 Å². The van der Waals surface area contributed by atoms with E-state index in [4.69, 9.17) is 15.3 Å². The fourth-order valence-electron chi connectivity index (χ4n) is 1.88. The van der Waals surface area contributed by atoms with Gasteiger partial charge >= 0.3 is 0 Å². The number of nitriles is 2. The SMILES string of the molecule is COc1ccc(-c2ccc(O)c(C=C(C#N)C#N)c2)cc1. The molecule has 0 aliphatic rings. The maximum absolute atomic E-state index is 9.82. The molecule has 0 aliphatic heterocycles. The summed E-state index contributed by atoms with van der Waals surface area (Å²) < 4.78 is 5.11. The Balaban J connectivity index is 2.45. The van der Waals surface area contributed by atoms with E-state index in [0.717, 1.165) is 16.9 Å². The van der Waals surface area contributed by atoms with Gasteiger partial charge in [0.15, 0.2) is 0 Å². The van der Waals surface area contributed by atoms with E-state index in [0.29, 0.717) is 5.56 Å². The molecule has 0 saturated heterocycles. The molecule has 2 rings (SSSR count). The third-order valence-corrected chi connectivity index (χ3v) is 2.99. The topological polar surface area (TPSA) is 77.0 Å². The molecule has 0 fully saturated rings. The average molecular weight is 276 g/mol. The first-order valence-electron chi connectivity index (χ1n) is 6.17. The van der Waals surface area contributed by atoms with E-state index in [9.17, 15) is 5.11 Å². The zero-order chi connectivity index (χ0) is 15.2. The molecule has 0 aliphatic carbocycles. The quantitative estimate of drug-likeness (QED) is 0.870. The van der Waals surface area contributed by atoms with Crippen LogP contribution in [0, 0.1) is 22.7 Å². The Kier molecular flexibility index (Phi) is 4.23. The molecule has 0 amide bonds. The van der Waals surface area contributed by atoms with Crippen molar-refractivity contribution in [2.75, 3.05) is 7.11 Å². The molecule has 21 heavy (non-hydrogen) atoms. The number of rotatable bonds is 3. The highest BCUT2D eigenvalue weighted by atomic mass is 16.5. The van der Waals surface area contributed by atoms with Crippen LogP contribution in [0.2, 0.25) is 0 Å². The minimum absolute atomic E-state index is 0.0234. The highest BCUT2D eigenvalue weighted by Gasteiger charge is 2.05. The average Bonchev–Trinajstić information content (AvgIpc) is 2.54. The van der Waals surface area contributed by atoms with E-state index in [1.165, 1.54) is 12.1 Å². The summed E-state index contributed by atoms with van der Waals surface area (Å²) in [5.41, 5.74) is 2.19. The van der Waals surface area contributed by atoms with E-state index in [1.807, 2.05) is 24.3 Å². The Morgan fingerprint density at radius 3 is 2.24 bits per heavy atom. The summed E-state index contributed by atoms with van der Waals surface area (Å²) in [6.07, 6.45) is 1.36. The van der Waals surface area contributed by atoms with Gasteiger partial charge in [0, 0.05) is 5.56 Å². The molecule has 0 atom stereocenters. The van der Waals surface area contributed by atoms with Crippen LogP contribution in [0.15, 0.2) is 48.0 Å². The van der Waals surface area contributed by atoms with Gasteiger partial charge in [-0.15, -0.1) is 0 Å². The number of allylic oxidation sites excluding steroid dienone is 1. The first-order valence-corrected chi connectivity index (χ1v) is 6.17. The van der Waals surface area contributed by atoms with Crippen LogP contribution in [0.1, 0.15) is 5.56 Å². The summed E-state index contributed by atoms with van der Waals surface area (Å²) in [6, 6.07) is 16.1. The lowest BCUT2D eigenvalue weighted by Crippen LogP contribution is -1.84. The van der Waals surface area contributed by atoms with Gasteiger partial charge in [-0.25, -0.2) is 0 Å². The van der Waals surface area contributed by atoms with Crippen LogP contribution in [0.3, 0.4) is 0 Å². The van der Waals surface area contributed by atoms with Crippen molar-refractivity contribution in [3.8, 4) is 34.8 Å². The molecular formula is C17H12N2O2. The van der Waals surface area contributed by atoms with Gasteiger partial charge in [0.05, 0.1) is 7.11 Å². The fourth-order valence-corrected chi connectivity index (χ4v) is 1.88. The van der Waals surface area contributed by atoms with Gasteiger partial charge in [0.1, 0.15) is 29.2 Å². The number of hydrogen-bond donors (Lipinski definition) is 1. The highest BCUT2D eigenvalue weighted by Crippen LogP contribution is 2.28. The molecular weight excluding hydrogens is 264 g/mol. The monoisotopic (exact) mass is 276 g/mol. The second kappa shape index (κ2) is 6.27. The normalized spacial score (nSPS) is 9.29. The van der Waals surface area contributed by atoms with Crippen molar-refractivity contribution < 1.29 is 9.84 Å². The summed E-state index contributed by atoms with van der Waals surface area (Å²) in [4.78, 5) is 0. The van der Waals surface area contributed by atoms with E-state index in [-0.39, 0.29) is 11.3 Å². The number of phenols is 1. The van der Waals surface area contributed by atoms with Gasteiger partial charge in [-0.1, -0.05) is 18.2 Å². The second-order valence-corrected chi connectivity index (χ2v) is 4.28. The first kappa shape index (κ1) is 14.2. The number of nitrogens with zero attached hydrogens (tertiary/aromatic N) is 2. The zero-order valence-electron chi connectivity index (χ0n) is 11.4. The molecule has 0 radical (unpaired) electrons. The predicted octanol–water partition coefficient (Wildman–Crippen LogP) is 3.50. The fraction of sp³-hybridized carbons (Fsp3) is 0.0588. The number of methoxy groups -OCH3 is 1. The van der Waals surface area contributed by atoms with E-state index in [2.05, 4.69) is 0 Å². The van der Waals surface area contributed by atoms with Crippen LogP contribution in [0.4, 0.5) is 0 Å². The van der Waals surface area contributed by atoms with Crippen molar-refractivity contribution in [3.05, 3.63) is 53.6 Å². The number of hydrogen-bond acceptors (Lipinski definition) is 4. The number of benzene rings is 2. The third kappa shape index (κ3) is 3.20. The van der Waals surface area contributed by atoms with Crippen molar-refractivity contribution in [2.45, 2.75) is 0 Å². The van der Waals surface area contributed by atoms with E-state index < -0.39 is 0 Å². The van der Waals surface area contributed by atoms with Crippen molar-refractivity contribution in [1.29, 1.82) is 10.5 Å². The third-order valence-electron chi connectivity index (χ3n) is 2.99. The van der Waals surface area contributed by atoms with Gasteiger partial charge in [0.25, 0.3) is 0 Å². The molecule has 2 aromatic rings. The van der Waals surface area contributed by atoms with Gasteiger partial charge in [0.2, 0.25) is 0 Å². The lowest BCUT2D eigenvalue weighted by atomic mass is 10.0. The molecule has 0 heterocycles. The summed E-state index contributed by atoms with van der Waals surface area (Å²) in [7, 11) is 1.60. The van der Waals surface area contributed by atoms with Crippen LogP contribution in [0.25, 0.3) is 17.2 Å². The maximum Gasteiger partial charge on any atom is 0.130 e. The summed E-state index contributed by atoms with van der Waals surface area (Å²) in [5, 5.41) is 27.4. The molecule has 102 valence electrons. The van der Waals surface area contributed by atoms with Gasteiger partial charge in [-0.05, 0) is 41.5 Å². The van der Waals surface area contributed by atoms with E-state index >= 15 is 0 Å². The molecule has 0 spiro atoms. The summed E-state index contributed by atoms with van der Waals surface area (Å²) >= 11 is 0. The van der Waals surface area contributed by atoms with Crippen molar-refractivity contribution >= 4 is 6.08 Å². The smallest absolute Gasteiger partial charge is 0.130 e. The predicted molar refractivity (Wildman–Crippen MR) is 79.3 cm³/mol. The Hall–Kier alpha value is -3.24. The molecule has 0 unspecified atom stereocenters. The summed E-state index contributed by atoms with van der Waals surface area (Å²) in [5.74, 6) is 0.782. The molecule has 0 bridgehead atoms. The largest absolute Gasteiger partial charge is 0.507 e. The maximum atomic E-state index is 9.82. The molecule has 0 saturated carbocycles. The Morgan fingerprint density at radius 2 is 1.67 bits per heavy atom. The van der Waals surface area contributed by atoms with Gasteiger partial charge in [-0.2, -0.15) is 10.5 Å². The minimum atomic E-state index is -0.0582. The summed E-state index contributed by atoms with van der Waals surface area (Å²) in [6.45, 7) is 0. The molecule has 1 N–H and O–H groups in total. The molecule has 0 aromatic heterocycles. The first-order chi connectivity index (χ1) is 10.2. The lowest BCUT2D eigenvalue weighted by Gasteiger charge is -2.06. The lowest BCUT2D eigenvalue weighted by molar-refractivity contribution is 0.415.